The van der Waals surface area contributed by atoms with E-state index in [-0.39, 0.29) is 12.0 Å². The lowest BCUT2D eigenvalue weighted by atomic mass is 9.96. The van der Waals surface area contributed by atoms with E-state index >= 15 is 0 Å². The second kappa shape index (κ2) is 14.0. The van der Waals surface area contributed by atoms with Gasteiger partial charge in [-0.15, -0.1) is 0 Å². The first kappa shape index (κ1) is 30.5. The van der Waals surface area contributed by atoms with Crippen LogP contribution in [0.3, 0.4) is 0 Å². The molecule has 0 aliphatic carbocycles. The molecule has 0 radical (unpaired) electrons. The third kappa shape index (κ3) is 7.14. The molecule has 1 N–H and O–H groups in total. The number of ether oxygens (including phenoxy) is 4. The van der Waals surface area contributed by atoms with Gasteiger partial charge in [-0.1, -0.05) is 53.5 Å². The number of halogens is 2. The Balaban J connectivity index is 1.27. The Bertz CT molecular complexity index is 1420. The third-order valence-corrected chi connectivity index (χ3v) is 8.77. The van der Waals surface area contributed by atoms with Gasteiger partial charge in [0.25, 0.3) is 0 Å². The number of benzene rings is 3. The van der Waals surface area contributed by atoms with Crippen molar-refractivity contribution in [3.63, 3.8) is 0 Å². The molecule has 0 aromatic heterocycles. The number of esters is 1. The Morgan fingerprint density at radius 1 is 1.00 bits per heavy atom. The topological polar surface area (TPSA) is 69.3 Å². The van der Waals surface area contributed by atoms with Crippen molar-refractivity contribution in [2.24, 2.45) is 5.92 Å². The highest BCUT2D eigenvalue weighted by atomic mass is 35.5. The molecule has 2 atom stereocenters. The molecule has 1 unspecified atom stereocenters. The van der Waals surface area contributed by atoms with Crippen molar-refractivity contribution in [1.82, 2.24) is 10.2 Å². The summed E-state index contributed by atoms with van der Waals surface area (Å²) >= 11 is 13.5. The molecule has 2 aliphatic rings. The van der Waals surface area contributed by atoms with Crippen molar-refractivity contribution in [3.8, 4) is 28.4 Å². The first-order valence-corrected chi connectivity index (χ1v) is 15.2. The van der Waals surface area contributed by atoms with Crippen LogP contribution in [0.1, 0.15) is 36.0 Å². The number of piperidine rings is 1. The Morgan fingerprint density at radius 3 is 2.57 bits per heavy atom. The number of nitrogens with one attached hydrogen (secondary N) is 1. The van der Waals surface area contributed by atoms with Crippen molar-refractivity contribution in [2.75, 3.05) is 40.5 Å². The summed E-state index contributed by atoms with van der Waals surface area (Å²) in [5.74, 6) is 2.13. The molecule has 0 amide bonds. The first-order chi connectivity index (χ1) is 20.3. The smallest absolute Gasteiger partial charge is 0.323 e. The van der Waals surface area contributed by atoms with Gasteiger partial charge in [-0.25, -0.2) is 0 Å². The van der Waals surface area contributed by atoms with Gasteiger partial charge in [0.05, 0.1) is 30.4 Å². The summed E-state index contributed by atoms with van der Waals surface area (Å²) in [6.07, 6.45) is 3.02. The molecule has 42 heavy (non-hydrogen) atoms. The molecule has 2 heterocycles. The minimum absolute atomic E-state index is 0.231. The van der Waals surface area contributed by atoms with E-state index in [4.69, 9.17) is 42.1 Å². The number of nitrogens with zero attached hydrogens (tertiary/aromatic N) is 1. The van der Waals surface area contributed by atoms with E-state index < -0.39 is 0 Å². The standard InChI is InChI=1S/C33H38Cl2N2O5/c1-21-23(20-42-31-16-30(39-3)24(15-27(31)34)17-36-28-12-14-40-33(28)38)8-4-9-25(21)26-10-5-11-29(32(26)35)41-19-22-7-6-13-37(2)18-22/h4-5,8-11,15-16,22,28,36H,6-7,12-14,17-20H2,1-3H3/t22?,28-/m1/s1. The Labute approximate surface area is 258 Å². The number of carbonyl (C=O) groups is 1. The SMILES string of the molecule is COc1cc(OCc2cccc(-c3cccc(OCC4CCCN(C)C4)c3Cl)c2C)c(Cl)cc1CN[C@@H]1CCOC1=O. The minimum atomic E-state index is -0.320. The van der Waals surface area contributed by atoms with Crippen LogP contribution in [-0.4, -0.2) is 57.4 Å². The fourth-order valence-electron chi connectivity index (χ4n) is 5.66. The molecular weight excluding hydrogens is 575 g/mol. The largest absolute Gasteiger partial charge is 0.496 e. The average Bonchev–Trinajstić information content (AvgIpc) is 3.40. The van der Waals surface area contributed by atoms with Gasteiger partial charge < -0.3 is 29.2 Å². The van der Waals surface area contributed by atoms with Crippen LogP contribution in [0.5, 0.6) is 17.2 Å². The van der Waals surface area contributed by atoms with E-state index in [9.17, 15) is 4.79 Å². The highest BCUT2D eigenvalue weighted by Crippen LogP contribution is 2.39. The zero-order chi connectivity index (χ0) is 29.6. The number of methoxy groups -OCH3 is 1. The Morgan fingerprint density at radius 2 is 1.81 bits per heavy atom. The summed E-state index contributed by atoms with van der Waals surface area (Å²) < 4.78 is 23.0. The fourth-order valence-corrected chi connectivity index (χ4v) is 6.19. The molecule has 3 aromatic carbocycles. The van der Waals surface area contributed by atoms with E-state index in [1.165, 1.54) is 12.8 Å². The molecule has 0 saturated carbocycles. The van der Waals surface area contributed by atoms with Crippen molar-refractivity contribution >= 4 is 29.2 Å². The summed E-state index contributed by atoms with van der Waals surface area (Å²) in [4.78, 5) is 14.1. The van der Waals surface area contributed by atoms with Crippen LogP contribution in [0.2, 0.25) is 10.0 Å². The molecule has 2 saturated heterocycles. The van der Waals surface area contributed by atoms with Crippen molar-refractivity contribution < 1.29 is 23.7 Å². The fraction of sp³-hybridized carbons (Fsp3) is 0.424. The second-order valence-electron chi connectivity index (χ2n) is 11.1. The van der Waals surface area contributed by atoms with Gasteiger partial charge in [0.2, 0.25) is 0 Å². The number of carbonyl (C=O) groups excluding carboxylic acids is 1. The van der Waals surface area contributed by atoms with Crippen molar-refractivity contribution in [2.45, 2.75) is 45.4 Å². The molecule has 3 aromatic rings. The Kier molecular flexibility index (Phi) is 10.2. The third-order valence-electron chi connectivity index (χ3n) is 8.09. The molecule has 2 fully saturated rings. The van der Waals surface area contributed by atoms with Crippen LogP contribution >= 0.6 is 23.2 Å². The van der Waals surface area contributed by atoms with Gasteiger partial charge in [0.15, 0.2) is 0 Å². The van der Waals surface area contributed by atoms with Crippen LogP contribution in [0.4, 0.5) is 0 Å². The summed E-state index contributed by atoms with van der Waals surface area (Å²) in [6.45, 7) is 6.10. The highest BCUT2D eigenvalue weighted by Gasteiger charge is 2.26. The highest BCUT2D eigenvalue weighted by molar-refractivity contribution is 6.35. The lowest BCUT2D eigenvalue weighted by Gasteiger charge is -2.29. The van der Waals surface area contributed by atoms with E-state index in [2.05, 4.69) is 30.3 Å². The number of hydrogen-bond donors (Lipinski definition) is 1. The summed E-state index contributed by atoms with van der Waals surface area (Å²) in [5, 5.41) is 4.30. The number of hydrogen-bond acceptors (Lipinski definition) is 7. The monoisotopic (exact) mass is 612 g/mol. The van der Waals surface area contributed by atoms with Crippen molar-refractivity contribution in [3.05, 3.63) is 75.3 Å². The van der Waals surface area contributed by atoms with E-state index in [0.717, 1.165) is 40.9 Å². The lowest BCUT2D eigenvalue weighted by Crippen LogP contribution is -2.34. The van der Waals surface area contributed by atoms with Crippen LogP contribution < -0.4 is 19.5 Å². The lowest BCUT2D eigenvalue weighted by molar-refractivity contribution is -0.139. The zero-order valence-electron chi connectivity index (χ0n) is 24.4. The quantitative estimate of drug-likeness (QED) is 0.242. The second-order valence-corrected chi connectivity index (χ2v) is 11.8. The zero-order valence-corrected chi connectivity index (χ0v) is 25.9. The van der Waals surface area contributed by atoms with Gasteiger partial charge in [-0.3, -0.25) is 4.79 Å². The summed E-state index contributed by atoms with van der Waals surface area (Å²) in [5.41, 5.74) is 4.87. The molecule has 2 aliphatic heterocycles. The molecule has 9 heteroatoms. The molecule has 224 valence electrons. The summed E-state index contributed by atoms with van der Waals surface area (Å²) in [6, 6.07) is 15.3. The summed E-state index contributed by atoms with van der Waals surface area (Å²) in [7, 11) is 3.76. The minimum Gasteiger partial charge on any atom is -0.496 e. The van der Waals surface area contributed by atoms with E-state index in [0.29, 0.717) is 66.0 Å². The maximum absolute atomic E-state index is 11.8. The van der Waals surface area contributed by atoms with Gasteiger partial charge >= 0.3 is 5.97 Å². The molecule has 7 nitrogen and oxygen atoms in total. The van der Waals surface area contributed by atoms with E-state index in [1.807, 2.05) is 36.4 Å². The van der Waals surface area contributed by atoms with Crippen LogP contribution in [0, 0.1) is 12.8 Å². The predicted octanol–water partition coefficient (Wildman–Crippen LogP) is 6.68. The number of rotatable bonds is 11. The van der Waals surface area contributed by atoms with E-state index in [1.54, 1.807) is 13.2 Å². The van der Waals surface area contributed by atoms with Gasteiger partial charge in [0.1, 0.15) is 29.9 Å². The first-order valence-electron chi connectivity index (χ1n) is 14.4. The molecule has 0 bridgehead atoms. The number of cyclic esters (lactones) is 1. The van der Waals surface area contributed by atoms with Crippen LogP contribution in [0.25, 0.3) is 11.1 Å². The molecule has 0 spiro atoms. The van der Waals surface area contributed by atoms with Gasteiger partial charge in [-0.05, 0) is 62.2 Å². The average molecular weight is 614 g/mol. The molecule has 5 rings (SSSR count). The van der Waals surface area contributed by atoms with Gasteiger partial charge in [0, 0.05) is 42.6 Å². The predicted molar refractivity (Wildman–Crippen MR) is 166 cm³/mol. The maximum Gasteiger partial charge on any atom is 0.323 e. The van der Waals surface area contributed by atoms with Crippen molar-refractivity contribution in [1.29, 1.82) is 0 Å². The van der Waals surface area contributed by atoms with Gasteiger partial charge in [-0.2, -0.15) is 0 Å². The normalized spacial score (nSPS) is 19.0. The maximum atomic E-state index is 11.8. The van der Waals surface area contributed by atoms with Crippen LogP contribution in [-0.2, 0) is 22.7 Å². The number of likely N-dealkylation sites (tertiary alicyclic amines) is 1. The van der Waals surface area contributed by atoms with Crippen LogP contribution in [0.15, 0.2) is 48.5 Å². The molecular formula is C33H38Cl2N2O5. The Hall–Kier alpha value is -2.97.